The van der Waals surface area contributed by atoms with Crippen molar-refractivity contribution in [3.63, 3.8) is 0 Å². The zero-order valence-electron chi connectivity index (χ0n) is 17.9. The molecular formula is C23H26N4O3S2. The average molecular weight is 471 g/mol. The highest BCUT2D eigenvalue weighted by Gasteiger charge is 2.27. The third-order valence-corrected chi connectivity index (χ3v) is 8.20. The number of hydrogen-bond donors (Lipinski definition) is 0. The molecule has 168 valence electrons. The number of nitrogens with zero attached hydrogens (tertiary/aromatic N) is 4. The molecule has 7 nitrogen and oxygen atoms in total. The van der Waals surface area contributed by atoms with E-state index in [9.17, 15) is 8.42 Å². The van der Waals surface area contributed by atoms with E-state index in [1.54, 1.807) is 30.0 Å². The van der Waals surface area contributed by atoms with Gasteiger partial charge in [0, 0.05) is 24.4 Å². The predicted molar refractivity (Wildman–Crippen MR) is 126 cm³/mol. The molecule has 1 aromatic heterocycles. The number of sulfonamides is 1. The maximum atomic E-state index is 13.2. The van der Waals surface area contributed by atoms with Crippen LogP contribution in [-0.2, 0) is 14.8 Å². The minimum Gasteiger partial charge on any atom is -0.379 e. The SMILES string of the molecule is C=CCSc1nnc(-c2cccc(S(=O)(=O)N3CCOCC3)c2)n1C(C)c1ccccc1. The van der Waals surface area contributed by atoms with Crippen molar-refractivity contribution in [1.29, 1.82) is 0 Å². The van der Waals surface area contributed by atoms with E-state index < -0.39 is 10.0 Å². The largest absolute Gasteiger partial charge is 0.379 e. The van der Waals surface area contributed by atoms with Gasteiger partial charge in [-0.1, -0.05) is 60.3 Å². The van der Waals surface area contributed by atoms with Crippen LogP contribution in [0.15, 0.2) is 77.3 Å². The maximum absolute atomic E-state index is 13.2. The third kappa shape index (κ3) is 4.66. The monoisotopic (exact) mass is 470 g/mol. The van der Waals surface area contributed by atoms with Gasteiger partial charge in [-0.25, -0.2) is 8.42 Å². The van der Waals surface area contributed by atoms with Gasteiger partial charge in [0.05, 0.1) is 24.2 Å². The van der Waals surface area contributed by atoms with E-state index in [1.165, 1.54) is 4.31 Å². The van der Waals surface area contributed by atoms with E-state index in [-0.39, 0.29) is 10.9 Å². The van der Waals surface area contributed by atoms with E-state index in [1.807, 2.05) is 30.3 Å². The molecule has 0 saturated carbocycles. The molecule has 0 spiro atoms. The van der Waals surface area contributed by atoms with Crippen molar-refractivity contribution in [2.24, 2.45) is 0 Å². The lowest BCUT2D eigenvalue weighted by molar-refractivity contribution is 0.0730. The van der Waals surface area contributed by atoms with Gasteiger partial charge >= 0.3 is 0 Å². The fraction of sp³-hybridized carbons (Fsp3) is 0.304. The summed E-state index contributed by atoms with van der Waals surface area (Å²) in [5, 5.41) is 9.62. The van der Waals surface area contributed by atoms with Gasteiger partial charge in [0.25, 0.3) is 0 Å². The first-order chi connectivity index (χ1) is 15.5. The zero-order chi connectivity index (χ0) is 22.6. The van der Waals surface area contributed by atoms with Gasteiger partial charge in [-0.05, 0) is 24.6 Å². The quantitative estimate of drug-likeness (QED) is 0.368. The van der Waals surface area contributed by atoms with Gasteiger partial charge in [-0.15, -0.1) is 16.8 Å². The Hall–Kier alpha value is -2.46. The van der Waals surface area contributed by atoms with Crippen molar-refractivity contribution in [2.45, 2.75) is 23.0 Å². The number of rotatable bonds is 8. The number of hydrogen-bond acceptors (Lipinski definition) is 6. The van der Waals surface area contributed by atoms with Crippen LogP contribution in [-0.4, -0.2) is 59.5 Å². The Morgan fingerprint density at radius 1 is 1.12 bits per heavy atom. The van der Waals surface area contributed by atoms with Crippen molar-refractivity contribution < 1.29 is 13.2 Å². The molecule has 4 rings (SSSR count). The first-order valence-corrected chi connectivity index (χ1v) is 12.9. The van der Waals surface area contributed by atoms with Crippen LogP contribution in [0.4, 0.5) is 0 Å². The van der Waals surface area contributed by atoms with Gasteiger partial charge in [-0.2, -0.15) is 4.31 Å². The average Bonchev–Trinajstić information content (AvgIpc) is 3.27. The summed E-state index contributed by atoms with van der Waals surface area (Å²) in [6.45, 7) is 7.42. The van der Waals surface area contributed by atoms with E-state index in [4.69, 9.17) is 4.74 Å². The second-order valence-electron chi connectivity index (χ2n) is 7.41. The Morgan fingerprint density at radius 2 is 1.88 bits per heavy atom. The summed E-state index contributed by atoms with van der Waals surface area (Å²) in [7, 11) is -3.61. The Morgan fingerprint density at radius 3 is 2.59 bits per heavy atom. The molecule has 9 heteroatoms. The lowest BCUT2D eigenvalue weighted by atomic mass is 10.1. The molecule has 1 aliphatic heterocycles. The molecule has 1 fully saturated rings. The molecule has 0 aliphatic carbocycles. The van der Waals surface area contributed by atoms with Crippen LogP contribution in [0.2, 0.25) is 0 Å². The van der Waals surface area contributed by atoms with Gasteiger partial charge in [-0.3, -0.25) is 4.57 Å². The summed E-state index contributed by atoms with van der Waals surface area (Å²) >= 11 is 1.55. The highest BCUT2D eigenvalue weighted by Crippen LogP contribution is 2.32. The Labute approximate surface area is 193 Å². The molecular weight excluding hydrogens is 444 g/mol. The molecule has 0 radical (unpaired) electrons. The fourth-order valence-corrected chi connectivity index (χ4v) is 5.87. The second kappa shape index (κ2) is 9.99. The summed E-state index contributed by atoms with van der Waals surface area (Å²) in [5.41, 5.74) is 1.83. The first kappa shape index (κ1) is 22.7. The number of thioether (sulfide) groups is 1. The van der Waals surface area contributed by atoms with Gasteiger partial charge in [0.1, 0.15) is 0 Å². The molecule has 1 unspecified atom stereocenters. The summed E-state index contributed by atoms with van der Waals surface area (Å²) in [5.74, 6) is 1.33. The maximum Gasteiger partial charge on any atom is 0.243 e. The van der Waals surface area contributed by atoms with Gasteiger partial charge in [0.15, 0.2) is 11.0 Å². The smallest absolute Gasteiger partial charge is 0.243 e. The van der Waals surface area contributed by atoms with Crippen LogP contribution in [0.25, 0.3) is 11.4 Å². The summed E-state index contributed by atoms with van der Waals surface area (Å²) in [4.78, 5) is 0.249. The summed E-state index contributed by atoms with van der Waals surface area (Å²) in [6, 6.07) is 17.0. The van der Waals surface area contributed by atoms with E-state index in [2.05, 4.69) is 40.4 Å². The van der Waals surface area contributed by atoms with Crippen molar-refractivity contribution in [1.82, 2.24) is 19.1 Å². The van der Waals surface area contributed by atoms with Gasteiger partial charge in [0.2, 0.25) is 10.0 Å². The molecule has 3 aromatic rings. The van der Waals surface area contributed by atoms with E-state index in [0.29, 0.717) is 43.4 Å². The Balaban J connectivity index is 1.76. The standard InChI is InChI=1S/C23H26N4O3S2/c1-3-16-31-23-25-24-22(27(23)18(2)19-8-5-4-6-9-19)20-10-7-11-21(17-20)32(28,29)26-12-14-30-15-13-26/h3-11,17-18H,1,12-16H2,2H3. The van der Waals surface area contributed by atoms with Crippen LogP contribution in [0, 0.1) is 0 Å². The van der Waals surface area contributed by atoms with Crippen molar-refractivity contribution in [3.05, 3.63) is 72.8 Å². The molecule has 2 aromatic carbocycles. The zero-order valence-corrected chi connectivity index (χ0v) is 19.6. The van der Waals surface area contributed by atoms with Crippen LogP contribution in [0.3, 0.4) is 0 Å². The lowest BCUT2D eigenvalue weighted by Gasteiger charge is -2.26. The highest BCUT2D eigenvalue weighted by atomic mass is 32.2. The highest BCUT2D eigenvalue weighted by molar-refractivity contribution is 7.99. The van der Waals surface area contributed by atoms with Crippen LogP contribution in [0.1, 0.15) is 18.5 Å². The van der Waals surface area contributed by atoms with E-state index >= 15 is 0 Å². The Bertz CT molecular complexity index is 1170. The predicted octanol–water partition coefficient (Wildman–Crippen LogP) is 3.85. The first-order valence-electron chi connectivity index (χ1n) is 10.4. The minimum atomic E-state index is -3.61. The van der Waals surface area contributed by atoms with E-state index in [0.717, 1.165) is 10.7 Å². The van der Waals surface area contributed by atoms with Crippen LogP contribution >= 0.6 is 11.8 Å². The summed E-state index contributed by atoms with van der Waals surface area (Å²) in [6.07, 6.45) is 1.83. The van der Waals surface area contributed by atoms with Gasteiger partial charge < -0.3 is 4.74 Å². The molecule has 0 bridgehead atoms. The van der Waals surface area contributed by atoms with Crippen molar-refractivity contribution in [3.8, 4) is 11.4 Å². The molecule has 0 N–H and O–H groups in total. The molecule has 1 saturated heterocycles. The van der Waals surface area contributed by atoms with Crippen molar-refractivity contribution in [2.75, 3.05) is 32.1 Å². The second-order valence-corrected chi connectivity index (χ2v) is 10.3. The van der Waals surface area contributed by atoms with Crippen molar-refractivity contribution >= 4 is 21.8 Å². The normalized spacial score (nSPS) is 16.0. The number of benzene rings is 2. The van der Waals surface area contributed by atoms with Crippen LogP contribution in [0.5, 0.6) is 0 Å². The number of morpholine rings is 1. The lowest BCUT2D eigenvalue weighted by Crippen LogP contribution is -2.40. The summed E-state index contributed by atoms with van der Waals surface area (Å²) < 4.78 is 35.2. The minimum absolute atomic E-state index is 0.0342. The Kier molecular flexibility index (Phi) is 7.10. The molecule has 0 amide bonds. The number of aromatic nitrogens is 3. The molecule has 2 heterocycles. The molecule has 32 heavy (non-hydrogen) atoms. The molecule has 1 atom stereocenters. The topological polar surface area (TPSA) is 77.3 Å². The fourth-order valence-electron chi connectivity index (χ4n) is 3.67. The third-order valence-electron chi connectivity index (χ3n) is 5.36. The van der Waals surface area contributed by atoms with Crippen LogP contribution < -0.4 is 0 Å². The number of ether oxygens (including phenoxy) is 1. The molecule has 1 aliphatic rings.